The highest BCUT2D eigenvalue weighted by molar-refractivity contribution is 5.97. The van der Waals surface area contributed by atoms with E-state index >= 15 is 0 Å². The summed E-state index contributed by atoms with van der Waals surface area (Å²) in [6.45, 7) is 19.0. The molecule has 7 aromatic carbocycles. The molecule has 0 bridgehead atoms. The molecule has 0 unspecified atom stereocenters. The number of hydrogen-bond acceptors (Lipinski definition) is 1. The highest BCUT2D eigenvalue weighted by Crippen LogP contribution is 2.60. The fourth-order valence-electron chi connectivity index (χ4n) is 9.94. The van der Waals surface area contributed by atoms with Crippen LogP contribution < -0.4 is 4.90 Å². The molecule has 0 saturated carbocycles. The summed E-state index contributed by atoms with van der Waals surface area (Å²) in [4.78, 5) is 2.38. The summed E-state index contributed by atoms with van der Waals surface area (Å²) in [7, 11) is 0. The molecular formula is C51H45N. The van der Waals surface area contributed by atoms with Gasteiger partial charge in [-0.2, -0.15) is 0 Å². The number of anilines is 3. The van der Waals surface area contributed by atoms with Crippen molar-refractivity contribution in [3.63, 3.8) is 0 Å². The molecule has 0 N–H and O–H groups in total. The van der Waals surface area contributed by atoms with Gasteiger partial charge in [-0.3, -0.25) is 0 Å². The first kappa shape index (κ1) is 31.3. The molecule has 0 radical (unpaired) electrons. The molecule has 0 fully saturated rings. The fourth-order valence-corrected chi connectivity index (χ4v) is 9.94. The Kier molecular flexibility index (Phi) is 6.24. The lowest BCUT2D eigenvalue weighted by atomic mass is 9.78. The van der Waals surface area contributed by atoms with Crippen molar-refractivity contribution in [3.8, 4) is 33.4 Å². The quantitative estimate of drug-likeness (QED) is 0.181. The van der Waals surface area contributed by atoms with Gasteiger partial charge in [0.15, 0.2) is 0 Å². The van der Waals surface area contributed by atoms with Gasteiger partial charge in [0.05, 0.1) is 0 Å². The van der Waals surface area contributed by atoms with E-state index in [1.807, 2.05) is 0 Å². The van der Waals surface area contributed by atoms with Crippen LogP contribution in [0.5, 0.6) is 0 Å². The monoisotopic (exact) mass is 671 g/mol. The molecule has 0 saturated heterocycles. The van der Waals surface area contributed by atoms with E-state index in [0.717, 1.165) is 11.4 Å². The van der Waals surface area contributed by atoms with Gasteiger partial charge in [-0.15, -0.1) is 0 Å². The van der Waals surface area contributed by atoms with Crippen molar-refractivity contribution in [3.05, 3.63) is 172 Å². The molecule has 10 rings (SSSR count). The molecule has 0 heterocycles. The lowest BCUT2D eigenvalue weighted by molar-refractivity contribution is 0.649. The summed E-state index contributed by atoms with van der Waals surface area (Å²) >= 11 is 0. The summed E-state index contributed by atoms with van der Waals surface area (Å²) in [5, 5.41) is 2.68. The van der Waals surface area contributed by atoms with Crippen molar-refractivity contribution in [1.82, 2.24) is 0 Å². The highest BCUT2D eigenvalue weighted by Gasteiger charge is 2.44. The van der Waals surface area contributed by atoms with Gasteiger partial charge in [0, 0.05) is 33.3 Å². The Morgan fingerprint density at radius 2 is 0.692 bits per heavy atom. The maximum atomic E-state index is 2.57. The second kappa shape index (κ2) is 10.4. The van der Waals surface area contributed by atoms with Gasteiger partial charge in [-0.05, 0) is 175 Å². The average molecular weight is 672 g/mol. The Morgan fingerprint density at radius 3 is 1.15 bits per heavy atom. The van der Waals surface area contributed by atoms with Crippen LogP contribution in [0.4, 0.5) is 17.1 Å². The lowest BCUT2D eigenvalue weighted by Crippen LogP contribution is -2.17. The van der Waals surface area contributed by atoms with Crippen LogP contribution in [0, 0.1) is 13.8 Å². The SMILES string of the molecule is Cc1cc2cc3c(cc2cc1C)C(C)(C)c1cc2c(cc1-3)C(C)(C)c1cc3c(cc1-2)C(C)(C)c1cc(N(c2ccccc2)c2ccccc2)ccc1-3. The molecule has 0 aliphatic heterocycles. The molecule has 1 heteroatoms. The first-order valence-corrected chi connectivity index (χ1v) is 18.8. The molecule has 0 amide bonds. The molecule has 52 heavy (non-hydrogen) atoms. The summed E-state index contributed by atoms with van der Waals surface area (Å²) in [6, 6.07) is 48.5. The fraction of sp³-hybridized carbons (Fsp3) is 0.216. The van der Waals surface area contributed by atoms with Crippen LogP contribution in [0.15, 0.2) is 127 Å². The number of nitrogens with zero attached hydrogens (tertiary/aromatic N) is 1. The predicted molar refractivity (Wildman–Crippen MR) is 221 cm³/mol. The van der Waals surface area contributed by atoms with Crippen molar-refractivity contribution in [2.75, 3.05) is 4.90 Å². The maximum Gasteiger partial charge on any atom is 0.0465 e. The number of fused-ring (bicyclic) bond motifs is 10. The smallest absolute Gasteiger partial charge is 0.0465 e. The van der Waals surface area contributed by atoms with Gasteiger partial charge >= 0.3 is 0 Å². The molecule has 3 aliphatic carbocycles. The van der Waals surface area contributed by atoms with Crippen LogP contribution in [0.2, 0.25) is 0 Å². The molecular weight excluding hydrogens is 627 g/mol. The number of rotatable bonds is 3. The first-order valence-electron chi connectivity index (χ1n) is 18.8. The minimum Gasteiger partial charge on any atom is -0.310 e. The van der Waals surface area contributed by atoms with E-state index < -0.39 is 0 Å². The molecule has 0 atom stereocenters. The van der Waals surface area contributed by atoms with E-state index in [-0.39, 0.29) is 16.2 Å². The Bertz CT molecular complexity index is 2610. The van der Waals surface area contributed by atoms with Crippen molar-refractivity contribution < 1.29 is 0 Å². The predicted octanol–water partition coefficient (Wildman–Crippen LogP) is 13.8. The topological polar surface area (TPSA) is 3.24 Å². The van der Waals surface area contributed by atoms with E-state index in [4.69, 9.17) is 0 Å². The molecule has 0 aromatic heterocycles. The van der Waals surface area contributed by atoms with Gasteiger partial charge in [0.1, 0.15) is 0 Å². The van der Waals surface area contributed by atoms with Crippen LogP contribution in [0.3, 0.4) is 0 Å². The second-order valence-corrected chi connectivity index (χ2v) is 17.2. The summed E-state index contributed by atoms with van der Waals surface area (Å²) in [5.74, 6) is 0. The number of para-hydroxylation sites is 2. The Labute approximate surface area is 308 Å². The van der Waals surface area contributed by atoms with E-state index in [0.29, 0.717) is 0 Å². The third kappa shape index (κ3) is 4.11. The van der Waals surface area contributed by atoms with Crippen molar-refractivity contribution in [2.45, 2.75) is 71.6 Å². The third-order valence-corrected chi connectivity index (χ3v) is 13.1. The first-order chi connectivity index (χ1) is 24.9. The minimum absolute atomic E-state index is 0.0778. The highest BCUT2D eigenvalue weighted by atomic mass is 15.1. The minimum atomic E-state index is -0.149. The molecule has 7 aromatic rings. The lowest BCUT2D eigenvalue weighted by Gasteiger charge is -2.28. The molecule has 1 nitrogen and oxygen atoms in total. The largest absolute Gasteiger partial charge is 0.310 e. The van der Waals surface area contributed by atoms with Crippen LogP contribution in [0.1, 0.15) is 86.1 Å². The Morgan fingerprint density at radius 1 is 0.327 bits per heavy atom. The van der Waals surface area contributed by atoms with Crippen LogP contribution in [0.25, 0.3) is 44.2 Å². The Balaban J connectivity index is 1.11. The summed E-state index contributed by atoms with van der Waals surface area (Å²) in [6.07, 6.45) is 0. The number of hydrogen-bond donors (Lipinski definition) is 0. The summed E-state index contributed by atoms with van der Waals surface area (Å²) in [5.41, 5.74) is 22.8. The van der Waals surface area contributed by atoms with Crippen LogP contribution in [-0.4, -0.2) is 0 Å². The standard InChI is InChI=1S/C51H45N/c1-30-21-32-23-38-40-27-48-42(29-47(40)49(3,4)43(38)24-33(32)22-31(30)2)41-28-45-39(26-46(41)51(48,7)8)37-20-19-36(25-44(37)50(45,5)6)52(34-15-11-9-12-16-34)35-17-13-10-14-18-35/h9-29H,1-8H3. The van der Waals surface area contributed by atoms with E-state index in [2.05, 4.69) is 188 Å². The average Bonchev–Trinajstić information content (AvgIpc) is 3.59. The van der Waals surface area contributed by atoms with Crippen LogP contribution >= 0.6 is 0 Å². The van der Waals surface area contributed by atoms with Gasteiger partial charge in [0.25, 0.3) is 0 Å². The molecule has 254 valence electrons. The zero-order valence-electron chi connectivity index (χ0n) is 31.6. The van der Waals surface area contributed by atoms with Crippen LogP contribution in [-0.2, 0) is 16.2 Å². The van der Waals surface area contributed by atoms with Gasteiger partial charge in [-0.1, -0.05) is 96.1 Å². The van der Waals surface area contributed by atoms with E-state index in [1.165, 1.54) is 94.3 Å². The van der Waals surface area contributed by atoms with Crippen molar-refractivity contribution in [2.24, 2.45) is 0 Å². The number of benzene rings is 7. The van der Waals surface area contributed by atoms with Gasteiger partial charge in [-0.25, -0.2) is 0 Å². The Hall–Kier alpha value is -5.40. The third-order valence-electron chi connectivity index (χ3n) is 13.1. The number of aryl methyl sites for hydroxylation is 2. The summed E-state index contributed by atoms with van der Waals surface area (Å²) < 4.78 is 0. The van der Waals surface area contributed by atoms with E-state index in [1.54, 1.807) is 0 Å². The normalized spacial score (nSPS) is 16.2. The van der Waals surface area contributed by atoms with E-state index in [9.17, 15) is 0 Å². The van der Waals surface area contributed by atoms with Crippen molar-refractivity contribution >= 4 is 27.8 Å². The van der Waals surface area contributed by atoms with Gasteiger partial charge < -0.3 is 4.90 Å². The molecule has 3 aliphatic rings. The molecule has 0 spiro atoms. The maximum absolute atomic E-state index is 2.57. The zero-order valence-corrected chi connectivity index (χ0v) is 31.6. The second-order valence-electron chi connectivity index (χ2n) is 17.2. The zero-order chi connectivity index (χ0) is 35.9. The van der Waals surface area contributed by atoms with Gasteiger partial charge in [0.2, 0.25) is 0 Å². The van der Waals surface area contributed by atoms with Crippen molar-refractivity contribution in [1.29, 1.82) is 0 Å².